The van der Waals surface area contributed by atoms with E-state index in [1.54, 1.807) is 0 Å². The van der Waals surface area contributed by atoms with Crippen LogP contribution in [0.25, 0.3) is 0 Å². The zero-order chi connectivity index (χ0) is 34.5. The van der Waals surface area contributed by atoms with Crippen molar-refractivity contribution < 1.29 is 41.2 Å². The van der Waals surface area contributed by atoms with Crippen molar-refractivity contribution in [2.75, 3.05) is 45.6 Å². The number of ether oxygens (including phenoxy) is 3. The third-order valence-electron chi connectivity index (χ3n) is 6.83. The maximum absolute atomic E-state index is 12.8. The summed E-state index contributed by atoms with van der Waals surface area (Å²) in [5, 5.41) is 8.32. The number of hydrogen-bond donors (Lipinski definition) is 3. The van der Waals surface area contributed by atoms with Crippen molar-refractivity contribution in [2.45, 2.75) is 38.7 Å². The average molecular weight is 685 g/mol. The summed E-state index contributed by atoms with van der Waals surface area (Å²) < 4.78 is 43.8. The van der Waals surface area contributed by atoms with Gasteiger partial charge in [0.2, 0.25) is 0 Å². The van der Waals surface area contributed by atoms with E-state index in [1.165, 1.54) is 0 Å². The molecule has 3 amide bonds. The van der Waals surface area contributed by atoms with E-state index in [9.17, 15) is 22.8 Å². The van der Waals surface area contributed by atoms with Crippen LogP contribution < -0.4 is 16.0 Å². The molecule has 0 saturated heterocycles. The molecule has 0 spiro atoms. The van der Waals surface area contributed by atoms with Gasteiger partial charge in [0.25, 0.3) is 10.1 Å². The standard InChI is InChI=1S/C34H44N4O9S/c1-48(42,43)47-23-11-18-31(37-34(41)46-27-30-16-9-4-10-17-30)24-38(21-19-35-32(39)44-25-28-12-5-2-6-13-28)22-20-36-33(40)45-26-29-14-7-3-8-15-29/h2-10,12-17,31H,11,18-27H2,1H3,(H,35,39)(H,36,40)(H,37,41). The van der Waals surface area contributed by atoms with Crippen LogP contribution in [0.15, 0.2) is 91.0 Å². The van der Waals surface area contributed by atoms with E-state index >= 15 is 0 Å². The molecule has 1 atom stereocenters. The van der Waals surface area contributed by atoms with Crippen molar-refractivity contribution >= 4 is 28.4 Å². The molecular weight excluding hydrogens is 640 g/mol. The fourth-order valence-corrected chi connectivity index (χ4v) is 4.89. The van der Waals surface area contributed by atoms with E-state index in [4.69, 9.17) is 18.4 Å². The quantitative estimate of drug-likeness (QED) is 0.0894. The third-order valence-corrected chi connectivity index (χ3v) is 7.42. The van der Waals surface area contributed by atoms with E-state index in [2.05, 4.69) is 16.0 Å². The van der Waals surface area contributed by atoms with Gasteiger partial charge in [-0.3, -0.25) is 9.08 Å². The largest absolute Gasteiger partial charge is 0.445 e. The van der Waals surface area contributed by atoms with Gasteiger partial charge < -0.3 is 30.2 Å². The van der Waals surface area contributed by atoms with Gasteiger partial charge in [0.1, 0.15) is 19.8 Å². The molecular formula is C34H44N4O9S. The predicted molar refractivity (Wildman–Crippen MR) is 179 cm³/mol. The molecule has 0 aromatic heterocycles. The van der Waals surface area contributed by atoms with Crippen molar-refractivity contribution in [3.63, 3.8) is 0 Å². The number of alkyl carbamates (subject to hydrolysis) is 3. The van der Waals surface area contributed by atoms with Crippen LogP contribution in [-0.4, -0.2) is 83.2 Å². The van der Waals surface area contributed by atoms with E-state index in [1.807, 2.05) is 95.9 Å². The Morgan fingerprint density at radius 3 is 1.50 bits per heavy atom. The van der Waals surface area contributed by atoms with Crippen LogP contribution in [0, 0.1) is 0 Å². The SMILES string of the molecule is CS(=O)(=O)OCCCC(CN(CCNC(=O)OCc1ccccc1)CCNC(=O)OCc1ccccc1)NC(=O)OCc1ccccc1. The maximum atomic E-state index is 12.8. The Balaban J connectivity index is 1.57. The van der Waals surface area contributed by atoms with E-state index in [-0.39, 0.29) is 39.5 Å². The molecule has 0 aliphatic rings. The van der Waals surface area contributed by atoms with Gasteiger partial charge in [0, 0.05) is 38.8 Å². The molecule has 3 aromatic carbocycles. The van der Waals surface area contributed by atoms with Gasteiger partial charge in [0.15, 0.2) is 0 Å². The van der Waals surface area contributed by atoms with Crippen LogP contribution in [0.3, 0.4) is 0 Å². The van der Waals surface area contributed by atoms with Crippen molar-refractivity contribution in [1.82, 2.24) is 20.9 Å². The number of nitrogens with one attached hydrogen (secondary N) is 3. The molecule has 0 fully saturated rings. The summed E-state index contributed by atoms with van der Waals surface area (Å²) in [6.07, 6.45) is -0.138. The van der Waals surface area contributed by atoms with E-state index in [0.717, 1.165) is 22.9 Å². The molecule has 3 N–H and O–H groups in total. The lowest BCUT2D eigenvalue weighted by Crippen LogP contribution is -2.48. The second-order valence-electron chi connectivity index (χ2n) is 10.8. The topological polar surface area (TPSA) is 162 Å². The summed E-state index contributed by atoms with van der Waals surface area (Å²) in [7, 11) is -3.62. The Morgan fingerprint density at radius 2 is 1.08 bits per heavy atom. The Morgan fingerprint density at radius 1 is 0.667 bits per heavy atom. The van der Waals surface area contributed by atoms with Crippen LogP contribution in [0.1, 0.15) is 29.5 Å². The summed E-state index contributed by atoms with van der Waals surface area (Å²) >= 11 is 0. The first kappa shape index (κ1) is 37.8. The summed E-state index contributed by atoms with van der Waals surface area (Å²) in [6, 6.07) is 27.3. The van der Waals surface area contributed by atoms with Gasteiger partial charge >= 0.3 is 18.3 Å². The first-order valence-corrected chi connectivity index (χ1v) is 17.4. The van der Waals surface area contributed by atoms with Crippen LogP contribution >= 0.6 is 0 Å². The second-order valence-corrected chi connectivity index (χ2v) is 12.5. The molecule has 3 aromatic rings. The number of hydrogen-bond acceptors (Lipinski definition) is 10. The number of nitrogens with zero attached hydrogens (tertiary/aromatic N) is 1. The molecule has 3 rings (SSSR count). The van der Waals surface area contributed by atoms with Gasteiger partial charge in [-0.15, -0.1) is 0 Å². The summed E-state index contributed by atoms with van der Waals surface area (Å²) in [6.45, 7) is 1.68. The Hall–Kier alpha value is -4.66. The van der Waals surface area contributed by atoms with E-state index < -0.39 is 34.4 Å². The first-order chi connectivity index (χ1) is 23.2. The minimum Gasteiger partial charge on any atom is -0.445 e. The number of carbonyl (C=O) groups is 3. The molecule has 260 valence electrons. The van der Waals surface area contributed by atoms with Crippen LogP contribution in [0.2, 0.25) is 0 Å². The minimum absolute atomic E-state index is 0.0559. The fourth-order valence-electron chi connectivity index (χ4n) is 4.47. The van der Waals surface area contributed by atoms with Crippen molar-refractivity contribution in [3.8, 4) is 0 Å². The zero-order valence-electron chi connectivity index (χ0n) is 27.0. The lowest BCUT2D eigenvalue weighted by Gasteiger charge is -2.28. The fraction of sp³-hybridized carbons (Fsp3) is 0.382. The van der Waals surface area contributed by atoms with Crippen LogP contribution in [0.5, 0.6) is 0 Å². The number of amides is 3. The lowest BCUT2D eigenvalue weighted by molar-refractivity contribution is 0.127. The molecule has 13 nitrogen and oxygen atoms in total. The van der Waals surface area contributed by atoms with Gasteiger partial charge in [-0.2, -0.15) is 8.42 Å². The molecule has 0 aliphatic heterocycles. The Labute approximate surface area is 282 Å². The van der Waals surface area contributed by atoms with Crippen molar-refractivity contribution in [2.24, 2.45) is 0 Å². The molecule has 0 bridgehead atoms. The molecule has 0 radical (unpaired) electrons. The summed E-state index contributed by atoms with van der Waals surface area (Å²) in [4.78, 5) is 39.4. The molecule has 14 heteroatoms. The molecule has 0 aliphatic carbocycles. The zero-order valence-corrected chi connectivity index (χ0v) is 27.9. The van der Waals surface area contributed by atoms with Crippen LogP contribution in [0.4, 0.5) is 14.4 Å². The van der Waals surface area contributed by atoms with Gasteiger partial charge in [-0.1, -0.05) is 91.0 Å². The highest BCUT2D eigenvalue weighted by Crippen LogP contribution is 2.07. The monoisotopic (exact) mass is 684 g/mol. The van der Waals surface area contributed by atoms with Gasteiger partial charge in [-0.05, 0) is 29.5 Å². The smallest absolute Gasteiger partial charge is 0.407 e. The average Bonchev–Trinajstić information content (AvgIpc) is 3.08. The lowest BCUT2D eigenvalue weighted by atomic mass is 10.1. The number of carbonyl (C=O) groups excluding carboxylic acids is 3. The summed E-state index contributed by atoms with van der Waals surface area (Å²) in [5.41, 5.74) is 2.53. The molecule has 1 unspecified atom stereocenters. The highest BCUT2D eigenvalue weighted by molar-refractivity contribution is 7.85. The van der Waals surface area contributed by atoms with Crippen molar-refractivity contribution in [1.29, 1.82) is 0 Å². The predicted octanol–water partition coefficient (Wildman–Crippen LogP) is 4.19. The van der Waals surface area contributed by atoms with Crippen molar-refractivity contribution in [3.05, 3.63) is 108 Å². The Kier molecular flexibility index (Phi) is 16.7. The highest BCUT2D eigenvalue weighted by atomic mass is 32.2. The molecule has 48 heavy (non-hydrogen) atoms. The first-order valence-electron chi connectivity index (χ1n) is 15.6. The van der Waals surface area contributed by atoms with Gasteiger partial charge in [0.05, 0.1) is 12.9 Å². The maximum Gasteiger partial charge on any atom is 0.407 e. The minimum atomic E-state index is -3.62. The van der Waals surface area contributed by atoms with E-state index in [0.29, 0.717) is 32.5 Å². The number of rotatable bonds is 20. The van der Waals surface area contributed by atoms with Gasteiger partial charge in [-0.25, -0.2) is 14.4 Å². The van der Waals surface area contributed by atoms with Crippen LogP contribution in [-0.2, 0) is 48.3 Å². The summed E-state index contributed by atoms with van der Waals surface area (Å²) in [5.74, 6) is 0. The highest BCUT2D eigenvalue weighted by Gasteiger charge is 2.19. The number of benzene rings is 3. The molecule has 0 saturated carbocycles. The normalized spacial score (nSPS) is 11.7. The third kappa shape index (κ3) is 17.3. The Bertz CT molecular complexity index is 1420. The second kappa shape index (κ2) is 21.3. The molecule has 0 heterocycles.